The highest BCUT2D eigenvalue weighted by molar-refractivity contribution is 5.82. The molecule has 4 heteroatoms. The van der Waals surface area contributed by atoms with Gasteiger partial charge in [-0.2, -0.15) is 0 Å². The Hall–Kier alpha value is -0.900. The highest BCUT2D eigenvalue weighted by Crippen LogP contribution is 2.19. The van der Waals surface area contributed by atoms with Gasteiger partial charge in [-0.1, -0.05) is 19.8 Å². The molecule has 1 rings (SSSR count). The van der Waals surface area contributed by atoms with Crippen LogP contribution < -0.4 is 5.32 Å². The van der Waals surface area contributed by atoms with Gasteiger partial charge in [-0.3, -0.25) is 14.5 Å². The Balaban J connectivity index is 2.36. The van der Waals surface area contributed by atoms with Gasteiger partial charge in [-0.25, -0.2) is 0 Å². The van der Waals surface area contributed by atoms with Crippen molar-refractivity contribution < 1.29 is 9.59 Å². The fraction of sp³-hybridized carbons (Fsp3) is 0.867. The van der Waals surface area contributed by atoms with Crippen molar-refractivity contribution >= 4 is 11.7 Å². The highest BCUT2D eigenvalue weighted by atomic mass is 16.2. The van der Waals surface area contributed by atoms with E-state index in [-0.39, 0.29) is 23.7 Å². The first-order chi connectivity index (χ1) is 9.06. The standard InChI is InChI=1S/C15H28N2O2/c1-4-5-6-9-16-15(19)12(2)17-10-7-8-14(11-17)13(3)18/h12,14H,4-11H2,1-3H3,(H,16,19). The van der Waals surface area contributed by atoms with Gasteiger partial charge in [0.05, 0.1) is 6.04 Å². The minimum absolute atomic E-state index is 0.0975. The SMILES string of the molecule is CCCCCNC(=O)C(C)N1CCCC(C(C)=O)C1. The summed E-state index contributed by atoms with van der Waals surface area (Å²) in [5.74, 6) is 0.463. The monoisotopic (exact) mass is 268 g/mol. The highest BCUT2D eigenvalue weighted by Gasteiger charge is 2.28. The molecule has 1 fully saturated rings. The maximum atomic E-state index is 12.0. The van der Waals surface area contributed by atoms with E-state index in [1.165, 1.54) is 0 Å². The first-order valence-corrected chi connectivity index (χ1v) is 7.58. The number of ketones is 1. The number of carbonyl (C=O) groups is 2. The number of amides is 1. The molecule has 0 aromatic heterocycles. The summed E-state index contributed by atoms with van der Waals surface area (Å²) in [6, 6.07) is -0.122. The molecule has 0 bridgehead atoms. The predicted molar refractivity (Wildman–Crippen MR) is 77.0 cm³/mol. The number of hydrogen-bond acceptors (Lipinski definition) is 3. The number of Topliss-reactive ketones (excluding diaryl/α,β-unsaturated/α-hetero) is 1. The summed E-state index contributed by atoms with van der Waals surface area (Å²) in [5, 5.41) is 2.99. The van der Waals surface area contributed by atoms with E-state index in [0.29, 0.717) is 0 Å². The van der Waals surface area contributed by atoms with Gasteiger partial charge in [0.15, 0.2) is 0 Å². The van der Waals surface area contributed by atoms with E-state index in [0.717, 1.165) is 51.7 Å². The molecule has 0 saturated carbocycles. The molecule has 1 amide bonds. The van der Waals surface area contributed by atoms with Gasteiger partial charge in [-0.15, -0.1) is 0 Å². The summed E-state index contributed by atoms with van der Waals surface area (Å²) in [6.07, 6.45) is 5.35. The fourth-order valence-corrected chi connectivity index (χ4v) is 2.59. The molecule has 1 heterocycles. The van der Waals surface area contributed by atoms with E-state index in [1.54, 1.807) is 6.92 Å². The lowest BCUT2D eigenvalue weighted by atomic mass is 9.93. The van der Waals surface area contributed by atoms with Crippen molar-refractivity contribution in [3.63, 3.8) is 0 Å². The van der Waals surface area contributed by atoms with Crippen LogP contribution in [0, 0.1) is 5.92 Å². The van der Waals surface area contributed by atoms with E-state index in [1.807, 2.05) is 6.92 Å². The van der Waals surface area contributed by atoms with Crippen LogP contribution in [0.15, 0.2) is 0 Å². The van der Waals surface area contributed by atoms with Gasteiger partial charge in [0, 0.05) is 19.0 Å². The molecule has 0 aromatic rings. The Bertz CT molecular complexity index is 305. The van der Waals surface area contributed by atoms with Gasteiger partial charge in [0.25, 0.3) is 0 Å². The van der Waals surface area contributed by atoms with Gasteiger partial charge in [0.1, 0.15) is 5.78 Å². The summed E-state index contributed by atoms with van der Waals surface area (Å²) in [5.41, 5.74) is 0. The molecular formula is C15H28N2O2. The van der Waals surface area contributed by atoms with Crippen molar-refractivity contribution in [3.8, 4) is 0 Å². The normalized spacial score (nSPS) is 21.9. The second-order valence-electron chi connectivity index (χ2n) is 5.62. The van der Waals surface area contributed by atoms with Gasteiger partial charge in [0.2, 0.25) is 5.91 Å². The molecule has 1 N–H and O–H groups in total. The Morgan fingerprint density at radius 1 is 1.37 bits per heavy atom. The zero-order valence-electron chi connectivity index (χ0n) is 12.6. The van der Waals surface area contributed by atoms with Crippen LogP contribution in [-0.2, 0) is 9.59 Å². The van der Waals surface area contributed by atoms with Crippen molar-refractivity contribution in [2.75, 3.05) is 19.6 Å². The van der Waals surface area contributed by atoms with Crippen LogP contribution in [0.3, 0.4) is 0 Å². The molecule has 2 unspecified atom stereocenters. The van der Waals surface area contributed by atoms with Crippen molar-refractivity contribution in [2.45, 2.75) is 58.9 Å². The number of likely N-dealkylation sites (tertiary alicyclic amines) is 1. The average Bonchev–Trinajstić information content (AvgIpc) is 2.42. The van der Waals surface area contributed by atoms with Crippen LogP contribution in [0.2, 0.25) is 0 Å². The summed E-state index contributed by atoms with van der Waals surface area (Å²) in [7, 11) is 0. The topological polar surface area (TPSA) is 49.4 Å². The third-order valence-corrected chi connectivity index (χ3v) is 4.03. The molecule has 1 aliphatic rings. The maximum absolute atomic E-state index is 12.0. The number of hydrogen-bond donors (Lipinski definition) is 1. The number of carbonyl (C=O) groups excluding carboxylic acids is 2. The van der Waals surface area contributed by atoms with Crippen LogP contribution in [0.4, 0.5) is 0 Å². The molecule has 0 spiro atoms. The van der Waals surface area contributed by atoms with Crippen molar-refractivity contribution in [1.29, 1.82) is 0 Å². The zero-order valence-corrected chi connectivity index (χ0v) is 12.6. The van der Waals surface area contributed by atoms with E-state index < -0.39 is 0 Å². The average molecular weight is 268 g/mol. The largest absolute Gasteiger partial charge is 0.355 e. The number of unbranched alkanes of at least 4 members (excludes halogenated alkanes) is 2. The first-order valence-electron chi connectivity index (χ1n) is 7.58. The smallest absolute Gasteiger partial charge is 0.237 e. The van der Waals surface area contributed by atoms with Crippen LogP contribution in [-0.4, -0.2) is 42.3 Å². The molecule has 110 valence electrons. The van der Waals surface area contributed by atoms with Crippen LogP contribution >= 0.6 is 0 Å². The van der Waals surface area contributed by atoms with Crippen LogP contribution in [0.1, 0.15) is 52.9 Å². The molecule has 4 nitrogen and oxygen atoms in total. The number of nitrogens with zero attached hydrogens (tertiary/aromatic N) is 1. The van der Waals surface area contributed by atoms with E-state index in [4.69, 9.17) is 0 Å². The lowest BCUT2D eigenvalue weighted by Gasteiger charge is -2.35. The van der Waals surface area contributed by atoms with Crippen LogP contribution in [0.5, 0.6) is 0 Å². The Morgan fingerprint density at radius 3 is 2.74 bits per heavy atom. The Kier molecular flexibility index (Phi) is 7.06. The second kappa shape index (κ2) is 8.31. The Morgan fingerprint density at radius 2 is 2.11 bits per heavy atom. The van der Waals surface area contributed by atoms with Gasteiger partial charge >= 0.3 is 0 Å². The molecular weight excluding hydrogens is 240 g/mol. The van der Waals surface area contributed by atoms with Gasteiger partial charge < -0.3 is 5.32 Å². The molecule has 19 heavy (non-hydrogen) atoms. The predicted octanol–water partition coefficient (Wildman–Crippen LogP) is 1.98. The first kappa shape index (κ1) is 16.2. The van der Waals surface area contributed by atoms with E-state index in [9.17, 15) is 9.59 Å². The minimum atomic E-state index is -0.122. The summed E-state index contributed by atoms with van der Waals surface area (Å²) in [6.45, 7) is 8.18. The molecule has 0 radical (unpaired) electrons. The zero-order chi connectivity index (χ0) is 14.3. The number of piperidine rings is 1. The third-order valence-electron chi connectivity index (χ3n) is 4.03. The van der Waals surface area contributed by atoms with E-state index in [2.05, 4.69) is 17.1 Å². The second-order valence-corrected chi connectivity index (χ2v) is 5.62. The van der Waals surface area contributed by atoms with E-state index >= 15 is 0 Å². The van der Waals surface area contributed by atoms with Gasteiger partial charge in [-0.05, 0) is 39.7 Å². The molecule has 0 aromatic carbocycles. The van der Waals surface area contributed by atoms with Crippen molar-refractivity contribution in [3.05, 3.63) is 0 Å². The molecule has 1 saturated heterocycles. The number of rotatable bonds is 7. The fourth-order valence-electron chi connectivity index (χ4n) is 2.59. The van der Waals surface area contributed by atoms with Crippen LogP contribution in [0.25, 0.3) is 0 Å². The summed E-state index contributed by atoms with van der Waals surface area (Å²) >= 11 is 0. The lowest BCUT2D eigenvalue weighted by Crippen LogP contribution is -2.50. The minimum Gasteiger partial charge on any atom is -0.355 e. The maximum Gasteiger partial charge on any atom is 0.237 e. The number of nitrogens with one attached hydrogen (secondary N) is 1. The Labute approximate surface area is 116 Å². The summed E-state index contributed by atoms with van der Waals surface area (Å²) < 4.78 is 0. The molecule has 2 atom stereocenters. The third kappa shape index (κ3) is 5.31. The lowest BCUT2D eigenvalue weighted by molar-refractivity contribution is -0.129. The van der Waals surface area contributed by atoms with Crippen molar-refractivity contribution in [1.82, 2.24) is 10.2 Å². The summed E-state index contributed by atoms with van der Waals surface area (Å²) in [4.78, 5) is 25.6. The quantitative estimate of drug-likeness (QED) is 0.718. The van der Waals surface area contributed by atoms with Crippen molar-refractivity contribution in [2.24, 2.45) is 5.92 Å². The molecule has 1 aliphatic heterocycles. The molecule has 0 aliphatic carbocycles.